The molecule has 4 aliphatic carbocycles. The second-order valence-corrected chi connectivity index (χ2v) is 7.22. The summed E-state index contributed by atoms with van der Waals surface area (Å²) in [6.45, 7) is 0. The number of carboxylic acids is 1. The van der Waals surface area contributed by atoms with Crippen LogP contribution in [0.25, 0.3) is 0 Å². The summed E-state index contributed by atoms with van der Waals surface area (Å²) in [5, 5.41) is 15.6. The first-order valence-corrected chi connectivity index (χ1v) is 7.96. The van der Waals surface area contributed by atoms with Gasteiger partial charge in [-0.05, 0) is 80.6 Å². The number of nitrogens with zero attached hydrogens (tertiary/aromatic N) is 1. The molecule has 1 aromatic heterocycles. The van der Waals surface area contributed by atoms with Gasteiger partial charge in [-0.2, -0.15) is 5.10 Å². The Hall–Kier alpha value is -1.32. The maximum atomic E-state index is 10.8. The predicted molar refractivity (Wildman–Crippen MR) is 74.4 cm³/mol. The van der Waals surface area contributed by atoms with E-state index in [1.54, 1.807) is 6.07 Å². The Labute approximate surface area is 119 Å². The fourth-order valence-electron chi connectivity index (χ4n) is 5.43. The van der Waals surface area contributed by atoms with E-state index in [2.05, 4.69) is 10.2 Å². The van der Waals surface area contributed by atoms with Gasteiger partial charge in [-0.15, -0.1) is 0 Å². The molecule has 4 saturated carbocycles. The van der Waals surface area contributed by atoms with Crippen LogP contribution in [0.3, 0.4) is 0 Å². The zero-order valence-electron chi connectivity index (χ0n) is 11.7. The third-order valence-corrected chi connectivity index (χ3v) is 6.02. The first-order valence-electron chi connectivity index (χ1n) is 7.96. The van der Waals surface area contributed by atoms with Crippen LogP contribution in [0.5, 0.6) is 0 Å². The fourth-order valence-corrected chi connectivity index (χ4v) is 5.43. The van der Waals surface area contributed by atoms with E-state index in [4.69, 9.17) is 5.11 Å². The molecule has 0 aliphatic heterocycles. The zero-order chi connectivity index (χ0) is 13.7. The first kappa shape index (κ1) is 12.4. The molecule has 0 unspecified atom stereocenters. The maximum absolute atomic E-state index is 10.8. The van der Waals surface area contributed by atoms with Crippen LogP contribution in [0.1, 0.15) is 54.7 Å². The predicted octanol–water partition coefficient (Wildman–Crippen LogP) is 3.11. The molecule has 0 spiro atoms. The van der Waals surface area contributed by atoms with Crippen LogP contribution < -0.4 is 0 Å². The molecule has 5 rings (SSSR count). The first-order chi connectivity index (χ1) is 9.69. The van der Waals surface area contributed by atoms with Crippen molar-refractivity contribution in [3.63, 3.8) is 0 Å². The van der Waals surface area contributed by atoms with Crippen molar-refractivity contribution in [1.82, 2.24) is 10.2 Å². The Morgan fingerprint density at radius 1 is 1.20 bits per heavy atom. The highest BCUT2D eigenvalue weighted by molar-refractivity contribution is 5.85. The lowest BCUT2D eigenvalue weighted by Crippen LogP contribution is -2.45. The third kappa shape index (κ3) is 2.05. The molecule has 4 heteroatoms. The second kappa shape index (κ2) is 4.61. The Morgan fingerprint density at radius 2 is 1.85 bits per heavy atom. The number of H-pyrrole nitrogens is 1. The smallest absolute Gasteiger partial charge is 0.356 e. The molecule has 4 fully saturated rings. The van der Waals surface area contributed by atoms with Gasteiger partial charge in [0.1, 0.15) is 0 Å². The minimum Gasteiger partial charge on any atom is -0.476 e. The van der Waals surface area contributed by atoms with Gasteiger partial charge in [-0.25, -0.2) is 4.79 Å². The highest BCUT2D eigenvalue weighted by Crippen LogP contribution is 2.57. The highest BCUT2D eigenvalue weighted by Gasteiger charge is 2.47. The molecule has 4 nitrogen and oxygen atoms in total. The second-order valence-electron chi connectivity index (χ2n) is 7.22. The molecule has 0 saturated heterocycles. The Balaban J connectivity index is 1.40. The van der Waals surface area contributed by atoms with Gasteiger partial charge in [0.2, 0.25) is 0 Å². The molecule has 108 valence electrons. The van der Waals surface area contributed by atoms with Gasteiger partial charge in [0, 0.05) is 5.69 Å². The van der Waals surface area contributed by atoms with Crippen molar-refractivity contribution in [3.05, 3.63) is 17.5 Å². The van der Waals surface area contributed by atoms with Crippen molar-refractivity contribution in [2.24, 2.45) is 29.6 Å². The van der Waals surface area contributed by atoms with Crippen LogP contribution in [0.15, 0.2) is 6.07 Å². The van der Waals surface area contributed by atoms with Crippen molar-refractivity contribution < 1.29 is 9.90 Å². The number of carboxylic acid groups (broad SMARTS) is 1. The van der Waals surface area contributed by atoms with Crippen molar-refractivity contribution in [3.8, 4) is 0 Å². The van der Waals surface area contributed by atoms with Gasteiger partial charge in [-0.3, -0.25) is 5.10 Å². The largest absolute Gasteiger partial charge is 0.476 e. The maximum Gasteiger partial charge on any atom is 0.356 e. The number of aromatic carboxylic acids is 1. The van der Waals surface area contributed by atoms with Crippen LogP contribution in [-0.4, -0.2) is 21.3 Å². The molecule has 0 aromatic carbocycles. The number of aryl methyl sites for hydroxylation is 1. The number of aromatic amines is 1. The molecule has 4 bridgehead atoms. The van der Waals surface area contributed by atoms with Crippen LogP contribution in [0.4, 0.5) is 0 Å². The van der Waals surface area contributed by atoms with E-state index in [0.29, 0.717) is 0 Å². The van der Waals surface area contributed by atoms with E-state index in [1.165, 1.54) is 38.5 Å². The average Bonchev–Trinajstić information content (AvgIpc) is 2.86. The monoisotopic (exact) mass is 274 g/mol. The summed E-state index contributed by atoms with van der Waals surface area (Å²) in [5.41, 5.74) is 1.13. The minimum atomic E-state index is -0.942. The lowest BCUT2D eigenvalue weighted by atomic mass is 9.51. The Morgan fingerprint density at radius 3 is 2.40 bits per heavy atom. The summed E-state index contributed by atoms with van der Waals surface area (Å²) in [6.07, 6.45) is 9.50. The number of hydrogen-bond acceptors (Lipinski definition) is 2. The summed E-state index contributed by atoms with van der Waals surface area (Å²) >= 11 is 0. The molecule has 0 radical (unpaired) electrons. The highest BCUT2D eigenvalue weighted by atomic mass is 16.4. The lowest BCUT2D eigenvalue weighted by Gasteiger charge is -2.54. The van der Waals surface area contributed by atoms with Crippen molar-refractivity contribution in [2.45, 2.75) is 44.9 Å². The normalized spacial score (nSPS) is 38.3. The summed E-state index contributed by atoms with van der Waals surface area (Å²) in [6, 6.07) is 1.69. The summed E-state index contributed by atoms with van der Waals surface area (Å²) in [7, 11) is 0. The molecular formula is C16H22N2O2. The van der Waals surface area contributed by atoms with E-state index in [9.17, 15) is 4.79 Å². The van der Waals surface area contributed by atoms with Gasteiger partial charge >= 0.3 is 5.97 Å². The van der Waals surface area contributed by atoms with E-state index >= 15 is 0 Å². The van der Waals surface area contributed by atoms with Crippen LogP contribution >= 0.6 is 0 Å². The average molecular weight is 274 g/mol. The fraction of sp³-hybridized carbons (Fsp3) is 0.750. The molecule has 0 amide bonds. The Bertz CT molecular complexity index is 494. The van der Waals surface area contributed by atoms with Crippen molar-refractivity contribution in [2.75, 3.05) is 0 Å². The van der Waals surface area contributed by atoms with Crippen molar-refractivity contribution >= 4 is 5.97 Å². The molecule has 4 aliphatic rings. The number of nitrogens with one attached hydrogen (secondary N) is 1. The zero-order valence-corrected chi connectivity index (χ0v) is 11.7. The van der Waals surface area contributed by atoms with Crippen LogP contribution in [0, 0.1) is 29.6 Å². The number of aromatic nitrogens is 2. The lowest BCUT2D eigenvalue weighted by molar-refractivity contribution is -0.0395. The number of rotatable bonds is 4. The topological polar surface area (TPSA) is 66.0 Å². The third-order valence-electron chi connectivity index (χ3n) is 6.02. The van der Waals surface area contributed by atoms with Crippen LogP contribution in [0.2, 0.25) is 0 Å². The Kier molecular flexibility index (Phi) is 2.86. The van der Waals surface area contributed by atoms with Gasteiger partial charge in [0.25, 0.3) is 0 Å². The SMILES string of the molecule is O=C(O)c1cc(CCC2C3CC4CC(C3)CC2C4)[nH]n1. The number of carbonyl (C=O) groups is 1. The van der Waals surface area contributed by atoms with Crippen molar-refractivity contribution in [1.29, 1.82) is 0 Å². The molecular weight excluding hydrogens is 252 g/mol. The molecule has 20 heavy (non-hydrogen) atoms. The standard InChI is InChI=1S/C16H22N2O2/c19-16(20)15-8-13(17-18-15)1-2-14-11-4-9-3-10(6-11)7-12(14)5-9/h8-12,14H,1-7H2,(H,17,18)(H,19,20). The summed E-state index contributed by atoms with van der Waals surface area (Å²) in [4.78, 5) is 10.8. The van der Waals surface area contributed by atoms with E-state index in [-0.39, 0.29) is 5.69 Å². The number of hydrogen-bond donors (Lipinski definition) is 2. The molecule has 2 N–H and O–H groups in total. The quantitative estimate of drug-likeness (QED) is 0.886. The van der Waals surface area contributed by atoms with Gasteiger partial charge < -0.3 is 5.11 Å². The van der Waals surface area contributed by atoms with Gasteiger partial charge in [-0.1, -0.05) is 0 Å². The van der Waals surface area contributed by atoms with E-state index in [0.717, 1.165) is 41.7 Å². The molecule has 1 aromatic rings. The van der Waals surface area contributed by atoms with Gasteiger partial charge in [0.15, 0.2) is 5.69 Å². The van der Waals surface area contributed by atoms with Gasteiger partial charge in [0.05, 0.1) is 0 Å². The molecule has 1 heterocycles. The summed E-state index contributed by atoms with van der Waals surface area (Å²) < 4.78 is 0. The minimum absolute atomic E-state index is 0.144. The van der Waals surface area contributed by atoms with E-state index < -0.39 is 5.97 Å². The van der Waals surface area contributed by atoms with Crippen LogP contribution in [-0.2, 0) is 6.42 Å². The summed E-state index contributed by atoms with van der Waals surface area (Å²) in [5.74, 6) is 3.89. The molecule has 0 atom stereocenters. The van der Waals surface area contributed by atoms with E-state index in [1.807, 2.05) is 0 Å².